The van der Waals surface area contributed by atoms with Crippen LogP contribution >= 0.6 is 0 Å². The SMILES string of the molecule is C/C(=C\C=C\[C@@H](C)COC(=O)N1CCCC1)[C@H]1OC(=O)C[C@@H](O)CC[C@](C)(O)C(OC(=O)N2CCN(C)CC2)/C=C/[C@@H]1C. The smallest absolute Gasteiger partial charge is 0.410 e. The molecule has 11 heteroatoms. The molecule has 3 heterocycles. The van der Waals surface area contributed by atoms with Crippen molar-refractivity contribution >= 4 is 18.2 Å². The van der Waals surface area contributed by atoms with Gasteiger partial charge < -0.3 is 39.1 Å². The number of cyclic esters (lactones) is 1. The molecule has 1 unspecified atom stereocenters. The number of ether oxygens (including phenoxy) is 3. The molecular formula is C32H51N3O8. The number of rotatable bonds is 6. The topological polar surface area (TPSA) is 129 Å². The van der Waals surface area contributed by atoms with Gasteiger partial charge in [-0.05, 0) is 58.2 Å². The minimum atomic E-state index is -1.46. The highest BCUT2D eigenvalue weighted by Gasteiger charge is 2.36. The zero-order valence-electron chi connectivity index (χ0n) is 26.4. The largest absolute Gasteiger partial charge is 0.457 e. The highest BCUT2D eigenvalue weighted by atomic mass is 16.6. The van der Waals surface area contributed by atoms with Crippen molar-refractivity contribution in [3.63, 3.8) is 0 Å². The summed E-state index contributed by atoms with van der Waals surface area (Å²) in [4.78, 5) is 43.4. The van der Waals surface area contributed by atoms with Crippen LogP contribution in [0, 0.1) is 11.8 Å². The Morgan fingerprint density at radius 3 is 2.44 bits per heavy atom. The van der Waals surface area contributed by atoms with Gasteiger partial charge >= 0.3 is 18.2 Å². The lowest BCUT2D eigenvalue weighted by Crippen LogP contribution is -2.50. The maximum absolute atomic E-state index is 13.0. The highest BCUT2D eigenvalue weighted by Crippen LogP contribution is 2.27. The number of allylic oxidation sites excluding steroid dienone is 2. The number of hydrogen-bond donors (Lipinski definition) is 2. The fourth-order valence-corrected chi connectivity index (χ4v) is 5.36. The van der Waals surface area contributed by atoms with Gasteiger partial charge in [0, 0.05) is 51.1 Å². The molecule has 2 N–H and O–H groups in total. The van der Waals surface area contributed by atoms with E-state index in [1.807, 2.05) is 46.0 Å². The highest BCUT2D eigenvalue weighted by molar-refractivity contribution is 5.70. The van der Waals surface area contributed by atoms with E-state index in [9.17, 15) is 24.6 Å². The Kier molecular flexibility index (Phi) is 13.1. The van der Waals surface area contributed by atoms with Crippen LogP contribution in [0.4, 0.5) is 9.59 Å². The van der Waals surface area contributed by atoms with Gasteiger partial charge in [0.25, 0.3) is 0 Å². The molecule has 3 aliphatic rings. The van der Waals surface area contributed by atoms with Crippen molar-refractivity contribution in [2.45, 2.75) is 83.7 Å². The van der Waals surface area contributed by atoms with Gasteiger partial charge in [0.15, 0.2) is 6.10 Å². The van der Waals surface area contributed by atoms with Crippen LogP contribution in [0.2, 0.25) is 0 Å². The van der Waals surface area contributed by atoms with E-state index in [1.54, 1.807) is 28.9 Å². The fraction of sp³-hybridized carbons (Fsp3) is 0.719. The van der Waals surface area contributed by atoms with E-state index in [-0.39, 0.29) is 43.8 Å². The minimum Gasteiger partial charge on any atom is -0.457 e. The average Bonchev–Trinajstić information content (AvgIpc) is 3.50. The van der Waals surface area contributed by atoms with Crippen LogP contribution in [0.3, 0.4) is 0 Å². The van der Waals surface area contributed by atoms with Gasteiger partial charge in [0.05, 0.1) is 19.1 Å². The van der Waals surface area contributed by atoms with Gasteiger partial charge in [0.2, 0.25) is 0 Å². The van der Waals surface area contributed by atoms with Crippen LogP contribution in [0.15, 0.2) is 36.0 Å². The van der Waals surface area contributed by atoms with Gasteiger partial charge in [-0.15, -0.1) is 0 Å². The van der Waals surface area contributed by atoms with Crippen LogP contribution in [0.1, 0.15) is 59.8 Å². The maximum atomic E-state index is 13.0. The molecule has 0 spiro atoms. The summed E-state index contributed by atoms with van der Waals surface area (Å²) in [5.41, 5.74) is -0.688. The summed E-state index contributed by atoms with van der Waals surface area (Å²) in [5.74, 6) is -0.875. The van der Waals surface area contributed by atoms with E-state index in [4.69, 9.17) is 14.2 Å². The van der Waals surface area contributed by atoms with Crippen LogP contribution in [-0.4, -0.2) is 120 Å². The first-order valence-electron chi connectivity index (χ1n) is 15.5. The summed E-state index contributed by atoms with van der Waals surface area (Å²) in [6, 6.07) is 0. The first kappa shape index (κ1) is 34.6. The third-order valence-electron chi connectivity index (χ3n) is 8.40. The number of amides is 2. The molecule has 0 radical (unpaired) electrons. The van der Waals surface area contributed by atoms with Crippen molar-refractivity contribution in [2.24, 2.45) is 11.8 Å². The molecule has 11 nitrogen and oxygen atoms in total. The molecule has 2 amide bonds. The summed E-state index contributed by atoms with van der Waals surface area (Å²) < 4.78 is 17.1. The van der Waals surface area contributed by atoms with Crippen LogP contribution in [0.25, 0.3) is 0 Å². The van der Waals surface area contributed by atoms with Crippen molar-refractivity contribution < 1.29 is 38.8 Å². The monoisotopic (exact) mass is 605 g/mol. The Morgan fingerprint density at radius 2 is 1.77 bits per heavy atom. The van der Waals surface area contributed by atoms with Gasteiger partial charge in [-0.1, -0.05) is 38.2 Å². The second kappa shape index (κ2) is 16.3. The number of likely N-dealkylation sites (N-methyl/N-ethyl adjacent to an activating group) is 1. The third kappa shape index (κ3) is 11.0. The molecule has 0 aromatic heterocycles. The Labute approximate surface area is 256 Å². The first-order chi connectivity index (χ1) is 20.4. The normalized spacial score (nSPS) is 31.6. The summed E-state index contributed by atoms with van der Waals surface area (Å²) in [7, 11) is 2.00. The van der Waals surface area contributed by atoms with Gasteiger partial charge in [-0.2, -0.15) is 0 Å². The molecule has 3 aliphatic heterocycles. The molecule has 2 saturated heterocycles. The predicted octanol–water partition coefficient (Wildman–Crippen LogP) is 3.51. The lowest BCUT2D eigenvalue weighted by Gasteiger charge is -2.36. The molecule has 0 aliphatic carbocycles. The van der Waals surface area contributed by atoms with E-state index in [0.717, 1.165) is 44.6 Å². The van der Waals surface area contributed by atoms with Gasteiger partial charge in [-0.25, -0.2) is 9.59 Å². The molecule has 0 bridgehead atoms. The Morgan fingerprint density at radius 1 is 1.12 bits per heavy atom. The number of piperazine rings is 1. The lowest BCUT2D eigenvalue weighted by atomic mass is 9.89. The van der Waals surface area contributed by atoms with E-state index in [0.29, 0.717) is 13.1 Å². The number of aliphatic hydroxyl groups excluding tert-OH is 1. The Hall–Kier alpha value is -2.89. The van der Waals surface area contributed by atoms with Crippen LogP contribution in [-0.2, 0) is 19.0 Å². The quantitative estimate of drug-likeness (QED) is 0.202. The maximum Gasteiger partial charge on any atom is 0.410 e. The number of hydrogen-bond acceptors (Lipinski definition) is 9. The number of aliphatic hydroxyl groups is 2. The van der Waals surface area contributed by atoms with E-state index in [2.05, 4.69) is 4.90 Å². The summed E-state index contributed by atoms with van der Waals surface area (Å²) in [6.45, 7) is 11.6. The average molecular weight is 606 g/mol. The third-order valence-corrected chi connectivity index (χ3v) is 8.40. The molecule has 0 aromatic rings. The summed E-state index contributed by atoms with van der Waals surface area (Å²) in [6.07, 6.45) is 7.76. The molecular weight excluding hydrogens is 554 g/mol. The Bertz CT molecular complexity index is 1030. The molecule has 0 saturated carbocycles. The van der Waals surface area contributed by atoms with Crippen molar-refractivity contribution in [3.8, 4) is 0 Å². The van der Waals surface area contributed by atoms with Crippen LogP contribution in [0.5, 0.6) is 0 Å². The number of likely N-dealkylation sites (tertiary alicyclic amines) is 1. The molecule has 6 atom stereocenters. The Balaban J connectivity index is 1.71. The summed E-state index contributed by atoms with van der Waals surface area (Å²) >= 11 is 0. The number of carbonyl (C=O) groups is 3. The number of nitrogens with zero attached hydrogens (tertiary/aromatic N) is 3. The minimum absolute atomic E-state index is 0.0140. The van der Waals surface area contributed by atoms with Crippen molar-refractivity contribution in [2.75, 3.05) is 52.9 Å². The van der Waals surface area contributed by atoms with E-state index in [1.165, 1.54) is 0 Å². The van der Waals surface area contributed by atoms with Crippen LogP contribution < -0.4 is 0 Å². The van der Waals surface area contributed by atoms with E-state index >= 15 is 0 Å². The molecule has 242 valence electrons. The zero-order chi connectivity index (χ0) is 31.6. The zero-order valence-corrected chi connectivity index (χ0v) is 26.4. The predicted molar refractivity (Wildman–Crippen MR) is 162 cm³/mol. The summed E-state index contributed by atoms with van der Waals surface area (Å²) in [5, 5.41) is 21.9. The van der Waals surface area contributed by atoms with E-state index < -0.39 is 36.0 Å². The molecule has 0 aromatic carbocycles. The second-order valence-corrected chi connectivity index (χ2v) is 12.5. The first-order valence-corrected chi connectivity index (χ1v) is 15.5. The molecule has 2 fully saturated rings. The molecule has 43 heavy (non-hydrogen) atoms. The van der Waals surface area contributed by atoms with Crippen molar-refractivity contribution in [3.05, 3.63) is 36.0 Å². The lowest BCUT2D eigenvalue weighted by molar-refractivity contribution is -0.151. The van der Waals surface area contributed by atoms with Gasteiger partial charge in [-0.3, -0.25) is 4.79 Å². The fourth-order valence-electron chi connectivity index (χ4n) is 5.36. The standard InChI is InChI=1S/C32H51N3O8/c1-23(22-41-30(38)34-15-6-7-16-34)9-8-10-24(2)29-25(3)11-12-27(42-31(39)35-19-17-33(5)18-20-35)32(4,40)14-13-26(36)21-28(37)43-29/h8-12,23,25-27,29,36,40H,6-7,13-22H2,1-5H3/b9-8+,12-11+,24-10+/t23-,25+,26+,27?,29-,32+/m1/s1. The number of esters is 1. The second-order valence-electron chi connectivity index (χ2n) is 12.5. The van der Waals surface area contributed by atoms with Gasteiger partial charge in [0.1, 0.15) is 11.7 Å². The van der Waals surface area contributed by atoms with Crippen molar-refractivity contribution in [1.29, 1.82) is 0 Å². The van der Waals surface area contributed by atoms with Crippen molar-refractivity contribution in [1.82, 2.24) is 14.7 Å². The molecule has 3 rings (SSSR count). The number of carbonyl (C=O) groups excluding carboxylic acids is 3.